The van der Waals surface area contributed by atoms with Crippen molar-refractivity contribution in [1.29, 1.82) is 0 Å². The van der Waals surface area contributed by atoms with Crippen LogP contribution in [-0.4, -0.2) is 42.0 Å². The number of rotatable bonds is 12. The Bertz CT molecular complexity index is 694. The van der Waals surface area contributed by atoms with Gasteiger partial charge in [-0.2, -0.15) is 8.42 Å². The average Bonchev–Trinajstić information content (AvgIpc) is 2.83. The van der Waals surface area contributed by atoms with Crippen molar-refractivity contribution >= 4 is 21.9 Å². The highest BCUT2D eigenvalue weighted by Gasteiger charge is 2.34. The van der Waals surface area contributed by atoms with Gasteiger partial charge in [0.05, 0.1) is 16.9 Å². The summed E-state index contributed by atoms with van der Waals surface area (Å²) in [5.41, 5.74) is 1.01. The molecule has 1 heterocycles. The summed E-state index contributed by atoms with van der Waals surface area (Å²) in [4.78, 5) is 25.8. The van der Waals surface area contributed by atoms with E-state index in [1.54, 1.807) is 24.3 Å². The summed E-state index contributed by atoms with van der Waals surface area (Å²) >= 11 is 0. The third-order valence-electron chi connectivity index (χ3n) is 4.66. The fourth-order valence-electron chi connectivity index (χ4n) is 3.23. The first kappa shape index (κ1) is 20.6. The van der Waals surface area contributed by atoms with Gasteiger partial charge in [0.2, 0.25) is 0 Å². The van der Waals surface area contributed by atoms with E-state index in [4.69, 9.17) is 4.55 Å². The van der Waals surface area contributed by atoms with Gasteiger partial charge in [-0.25, -0.2) is 0 Å². The fraction of sp³-hybridized carbons (Fsp3) is 0.579. The normalized spacial score (nSPS) is 14.1. The Balaban J connectivity index is 1.50. The molecular weight excluding hydrogens is 354 g/mol. The van der Waals surface area contributed by atoms with Crippen molar-refractivity contribution in [2.24, 2.45) is 0 Å². The molecule has 0 radical (unpaired) electrons. The lowest BCUT2D eigenvalue weighted by molar-refractivity contribution is 0.0651. The number of amides is 2. The molecular formula is C19H27NO5S. The van der Waals surface area contributed by atoms with Gasteiger partial charge in [-0.1, -0.05) is 57.1 Å². The minimum absolute atomic E-state index is 0.148. The zero-order valence-corrected chi connectivity index (χ0v) is 15.8. The maximum atomic E-state index is 12.2. The molecule has 7 heteroatoms. The third-order valence-corrected chi connectivity index (χ3v) is 5.47. The van der Waals surface area contributed by atoms with Crippen LogP contribution in [-0.2, 0) is 10.1 Å². The van der Waals surface area contributed by atoms with E-state index in [1.165, 1.54) is 4.90 Å². The van der Waals surface area contributed by atoms with Crippen LogP contribution < -0.4 is 0 Å². The first-order valence-corrected chi connectivity index (χ1v) is 10.9. The number of carbonyl (C=O) groups is 2. The topological polar surface area (TPSA) is 91.8 Å². The largest absolute Gasteiger partial charge is 0.286 e. The Labute approximate surface area is 155 Å². The van der Waals surface area contributed by atoms with Gasteiger partial charge in [0.15, 0.2) is 0 Å². The first-order chi connectivity index (χ1) is 12.4. The maximum absolute atomic E-state index is 12.2. The molecule has 26 heavy (non-hydrogen) atoms. The molecule has 2 amide bonds. The lowest BCUT2D eigenvalue weighted by Crippen LogP contribution is -2.30. The van der Waals surface area contributed by atoms with Crippen LogP contribution in [0.2, 0.25) is 0 Å². The van der Waals surface area contributed by atoms with Crippen LogP contribution in [0, 0.1) is 0 Å². The molecule has 6 nitrogen and oxygen atoms in total. The van der Waals surface area contributed by atoms with Crippen molar-refractivity contribution in [3.05, 3.63) is 35.4 Å². The van der Waals surface area contributed by atoms with Crippen LogP contribution in [0.4, 0.5) is 0 Å². The van der Waals surface area contributed by atoms with E-state index in [1.807, 2.05) is 0 Å². The first-order valence-electron chi connectivity index (χ1n) is 9.30. The van der Waals surface area contributed by atoms with E-state index >= 15 is 0 Å². The molecule has 2 rings (SSSR count). The predicted molar refractivity (Wildman–Crippen MR) is 99.8 cm³/mol. The summed E-state index contributed by atoms with van der Waals surface area (Å²) in [5, 5.41) is 0. The molecule has 0 aliphatic carbocycles. The van der Waals surface area contributed by atoms with E-state index in [-0.39, 0.29) is 17.6 Å². The predicted octanol–water partition coefficient (Wildman–Crippen LogP) is 3.68. The number of fused-ring (bicyclic) bond motifs is 1. The Kier molecular flexibility index (Phi) is 7.78. The molecule has 1 aromatic rings. The second kappa shape index (κ2) is 9.83. The van der Waals surface area contributed by atoms with Crippen LogP contribution in [0.25, 0.3) is 0 Å². The van der Waals surface area contributed by atoms with Gasteiger partial charge in [0, 0.05) is 6.54 Å². The molecule has 1 N–H and O–H groups in total. The van der Waals surface area contributed by atoms with E-state index in [9.17, 15) is 18.0 Å². The number of hydrogen-bond donors (Lipinski definition) is 1. The summed E-state index contributed by atoms with van der Waals surface area (Å²) in [6.45, 7) is 0.474. The number of imide groups is 1. The summed E-state index contributed by atoms with van der Waals surface area (Å²) < 4.78 is 29.8. The summed E-state index contributed by atoms with van der Waals surface area (Å²) in [6, 6.07) is 6.95. The van der Waals surface area contributed by atoms with Crippen molar-refractivity contribution in [3.8, 4) is 0 Å². The summed E-state index contributed by atoms with van der Waals surface area (Å²) in [7, 11) is -3.82. The van der Waals surface area contributed by atoms with Crippen molar-refractivity contribution in [2.75, 3.05) is 12.3 Å². The highest BCUT2D eigenvalue weighted by Crippen LogP contribution is 2.23. The van der Waals surface area contributed by atoms with Gasteiger partial charge < -0.3 is 0 Å². The Hall–Kier alpha value is -1.73. The van der Waals surface area contributed by atoms with Crippen LogP contribution in [0.15, 0.2) is 24.3 Å². The van der Waals surface area contributed by atoms with Crippen LogP contribution >= 0.6 is 0 Å². The van der Waals surface area contributed by atoms with Crippen molar-refractivity contribution in [1.82, 2.24) is 4.90 Å². The highest BCUT2D eigenvalue weighted by atomic mass is 32.2. The van der Waals surface area contributed by atoms with Gasteiger partial charge in [0.25, 0.3) is 21.9 Å². The fourth-order valence-corrected chi connectivity index (χ4v) is 3.80. The number of carbonyl (C=O) groups excluding carboxylic acids is 2. The minimum Gasteiger partial charge on any atom is -0.286 e. The van der Waals surface area contributed by atoms with Gasteiger partial charge in [-0.3, -0.25) is 19.0 Å². The standard InChI is InChI=1S/C19H27NO5S/c21-18-16-12-8-9-13-17(16)19(22)20(18)14-10-6-4-2-1-3-5-7-11-15-26(23,24)25/h8-9,12-13H,1-7,10-11,14-15H2,(H,23,24,25). The number of benzene rings is 1. The van der Waals surface area contributed by atoms with Gasteiger partial charge in [-0.15, -0.1) is 0 Å². The van der Waals surface area contributed by atoms with E-state index in [2.05, 4.69) is 0 Å². The van der Waals surface area contributed by atoms with E-state index in [0.717, 1.165) is 51.4 Å². The van der Waals surface area contributed by atoms with Gasteiger partial charge in [-0.05, 0) is 25.0 Å². The second-order valence-corrected chi connectivity index (χ2v) is 8.35. The van der Waals surface area contributed by atoms with Gasteiger partial charge >= 0.3 is 0 Å². The molecule has 144 valence electrons. The van der Waals surface area contributed by atoms with Crippen molar-refractivity contribution in [2.45, 2.75) is 57.8 Å². The lowest BCUT2D eigenvalue weighted by Gasteiger charge is -2.13. The van der Waals surface area contributed by atoms with E-state index < -0.39 is 10.1 Å². The van der Waals surface area contributed by atoms with Gasteiger partial charge in [0.1, 0.15) is 0 Å². The molecule has 1 aliphatic rings. The second-order valence-electron chi connectivity index (χ2n) is 6.78. The highest BCUT2D eigenvalue weighted by molar-refractivity contribution is 7.85. The number of nitrogens with zero attached hydrogens (tertiary/aromatic N) is 1. The number of unbranched alkanes of at least 4 members (excludes halogenated alkanes) is 8. The molecule has 0 saturated heterocycles. The molecule has 0 saturated carbocycles. The van der Waals surface area contributed by atoms with E-state index in [0.29, 0.717) is 24.1 Å². The maximum Gasteiger partial charge on any atom is 0.264 e. The lowest BCUT2D eigenvalue weighted by atomic mass is 10.1. The Morgan fingerprint density at radius 1 is 0.731 bits per heavy atom. The third kappa shape index (κ3) is 6.21. The molecule has 1 aromatic carbocycles. The summed E-state index contributed by atoms with van der Waals surface area (Å²) in [6.07, 6.45) is 8.43. The van der Waals surface area contributed by atoms with Crippen LogP contribution in [0.5, 0.6) is 0 Å². The smallest absolute Gasteiger partial charge is 0.264 e. The number of hydrogen-bond acceptors (Lipinski definition) is 4. The monoisotopic (exact) mass is 381 g/mol. The van der Waals surface area contributed by atoms with Crippen LogP contribution in [0.3, 0.4) is 0 Å². The Morgan fingerprint density at radius 3 is 1.62 bits per heavy atom. The SMILES string of the molecule is O=C1c2ccccc2C(=O)N1CCCCCCCCCCCS(=O)(=O)O. The molecule has 0 unspecified atom stereocenters. The molecule has 0 spiro atoms. The molecule has 1 aliphatic heterocycles. The molecule has 0 aromatic heterocycles. The quantitative estimate of drug-likeness (QED) is 0.339. The summed E-state index contributed by atoms with van der Waals surface area (Å²) in [5.74, 6) is -0.517. The van der Waals surface area contributed by atoms with Crippen molar-refractivity contribution < 1.29 is 22.6 Å². The Morgan fingerprint density at radius 2 is 1.15 bits per heavy atom. The minimum atomic E-state index is -3.82. The zero-order chi connectivity index (χ0) is 19.0. The molecule has 0 atom stereocenters. The average molecular weight is 381 g/mol. The molecule has 0 bridgehead atoms. The molecule has 0 fully saturated rings. The van der Waals surface area contributed by atoms with Crippen molar-refractivity contribution in [3.63, 3.8) is 0 Å². The van der Waals surface area contributed by atoms with Crippen LogP contribution in [0.1, 0.15) is 78.5 Å². The zero-order valence-electron chi connectivity index (χ0n) is 15.0.